The van der Waals surface area contributed by atoms with Crippen LogP contribution in [0.5, 0.6) is 0 Å². The highest BCUT2D eigenvalue weighted by molar-refractivity contribution is 6.20. The second-order valence-electron chi connectivity index (χ2n) is 4.12. The van der Waals surface area contributed by atoms with Crippen LogP contribution < -0.4 is 5.32 Å². The predicted octanol–water partition coefficient (Wildman–Crippen LogP) is -0.592. The van der Waals surface area contributed by atoms with Crippen LogP contribution in [-0.4, -0.2) is 42.4 Å². The van der Waals surface area contributed by atoms with Crippen LogP contribution in [0.1, 0.15) is 19.3 Å². The Labute approximate surface area is 97.1 Å². The molecule has 1 aliphatic carbocycles. The van der Waals surface area contributed by atoms with Crippen LogP contribution in [0.4, 0.5) is 4.79 Å². The molecule has 0 atom stereocenters. The van der Waals surface area contributed by atoms with Gasteiger partial charge in [-0.25, -0.2) is 4.79 Å². The van der Waals surface area contributed by atoms with Crippen molar-refractivity contribution in [2.24, 2.45) is 5.41 Å². The number of nitrogens with zero attached hydrogens (tertiary/aromatic N) is 1. The molecule has 1 saturated heterocycles. The first-order chi connectivity index (χ1) is 8.01. The first-order valence-electron chi connectivity index (χ1n) is 5.25. The molecule has 0 radical (unpaired) electrons. The van der Waals surface area contributed by atoms with E-state index in [0.717, 1.165) is 4.90 Å². The summed E-state index contributed by atoms with van der Waals surface area (Å²) in [4.78, 5) is 46.7. The third kappa shape index (κ3) is 1.77. The van der Waals surface area contributed by atoms with Gasteiger partial charge < -0.3 is 4.74 Å². The van der Waals surface area contributed by atoms with Crippen LogP contribution in [-0.2, 0) is 19.1 Å². The smallest absolute Gasteiger partial charge is 0.330 e. The van der Waals surface area contributed by atoms with Gasteiger partial charge >= 0.3 is 12.0 Å². The molecular weight excluding hydrogens is 228 g/mol. The van der Waals surface area contributed by atoms with Gasteiger partial charge in [-0.05, 0) is 12.8 Å². The van der Waals surface area contributed by atoms with Crippen LogP contribution in [0, 0.1) is 5.41 Å². The van der Waals surface area contributed by atoms with E-state index < -0.39 is 29.2 Å². The lowest BCUT2D eigenvalue weighted by molar-refractivity contribution is -0.145. The molecule has 0 unspecified atom stereocenters. The number of amides is 4. The summed E-state index contributed by atoms with van der Waals surface area (Å²) >= 11 is 0. The predicted molar refractivity (Wildman–Crippen MR) is 53.6 cm³/mol. The van der Waals surface area contributed by atoms with E-state index in [0.29, 0.717) is 12.8 Å². The summed E-state index contributed by atoms with van der Waals surface area (Å²) < 4.78 is 4.42. The quantitative estimate of drug-likeness (QED) is 0.525. The number of carbonyl (C=O) groups excluding carboxylic acids is 4. The lowest BCUT2D eigenvalue weighted by Crippen LogP contribution is -2.59. The molecule has 4 amide bonds. The first kappa shape index (κ1) is 11.6. The summed E-state index contributed by atoms with van der Waals surface area (Å²) in [5.74, 6) is -1.54. The number of hydrogen-bond acceptors (Lipinski definition) is 5. The topological polar surface area (TPSA) is 92.8 Å². The number of ether oxygens (including phenoxy) is 1. The van der Waals surface area contributed by atoms with E-state index in [4.69, 9.17) is 0 Å². The van der Waals surface area contributed by atoms with Gasteiger partial charge in [-0.15, -0.1) is 0 Å². The highest BCUT2D eigenvalue weighted by Gasteiger charge is 2.62. The average Bonchev–Trinajstić information content (AvgIpc) is 3.08. The van der Waals surface area contributed by atoms with Crippen molar-refractivity contribution in [3.8, 4) is 0 Å². The van der Waals surface area contributed by atoms with E-state index in [-0.39, 0.29) is 13.0 Å². The molecule has 1 N–H and O–H groups in total. The summed E-state index contributed by atoms with van der Waals surface area (Å²) in [6.45, 7) is -0.0631. The molecule has 0 aromatic rings. The molecule has 7 heteroatoms. The van der Waals surface area contributed by atoms with Crippen molar-refractivity contribution in [1.29, 1.82) is 0 Å². The van der Waals surface area contributed by atoms with Gasteiger partial charge in [0.15, 0.2) is 0 Å². The van der Waals surface area contributed by atoms with Gasteiger partial charge in [-0.3, -0.25) is 24.6 Å². The number of methoxy groups -OCH3 is 1. The number of rotatable bonds is 3. The lowest BCUT2D eigenvalue weighted by atomic mass is 10.0. The van der Waals surface area contributed by atoms with E-state index in [2.05, 4.69) is 10.1 Å². The summed E-state index contributed by atoms with van der Waals surface area (Å²) in [7, 11) is 1.23. The molecule has 7 nitrogen and oxygen atoms in total. The van der Waals surface area contributed by atoms with Gasteiger partial charge in [-0.1, -0.05) is 0 Å². The number of urea groups is 1. The standard InChI is InChI=1S/C10H12N2O5/c1-17-6(13)2-5-12-8(15)10(3-4-10)7(14)11-9(12)16/h2-5H2,1H3,(H,11,14,16). The van der Waals surface area contributed by atoms with Crippen molar-refractivity contribution < 1.29 is 23.9 Å². The highest BCUT2D eigenvalue weighted by atomic mass is 16.5. The van der Waals surface area contributed by atoms with Crippen molar-refractivity contribution >= 4 is 23.8 Å². The Balaban J connectivity index is 2.06. The fourth-order valence-corrected chi connectivity index (χ4v) is 1.81. The minimum absolute atomic E-state index is 0.0631. The highest BCUT2D eigenvalue weighted by Crippen LogP contribution is 2.48. The fraction of sp³-hybridized carbons (Fsp3) is 0.600. The molecule has 0 aromatic heterocycles. The van der Waals surface area contributed by atoms with E-state index in [1.54, 1.807) is 0 Å². The third-order valence-electron chi connectivity index (χ3n) is 3.07. The van der Waals surface area contributed by atoms with Crippen molar-refractivity contribution in [3.63, 3.8) is 0 Å². The van der Waals surface area contributed by atoms with Gasteiger partial charge in [0.2, 0.25) is 11.8 Å². The fourth-order valence-electron chi connectivity index (χ4n) is 1.81. The maximum atomic E-state index is 11.9. The van der Waals surface area contributed by atoms with E-state index in [1.165, 1.54) is 7.11 Å². The molecule has 0 aromatic carbocycles. The molecule has 0 bridgehead atoms. The van der Waals surface area contributed by atoms with Crippen molar-refractivity contribution in [2.45, 2.75) is 19.3 Å². The normalized spacial score (nSPS) is 21.5. The maximum Gasteiger partial charge on any atom is 0.330 e. The van der Waals surface area contributed by atoms with Crippen LogP contribution >= 0.6 is 0 Å². The van der Waals surface area contributed by atoms with Gasteiger partial charge in [0.25, 0.3) is 0 Å². The third-order valence-corrected chi connectivity index (χ3v) is 3.07. The summed E-state index contributed by atoms with van der Waals surface area (Å²) in [6.07, 6.45) is 0.847. The molecule has 1 saturated carbocycles. The van der Waals surface area contributed by atoms with Gasteiger partial charge in [-0.2, -0.15) is 0 Å². The van der Waals surface area contributed by atoms with Gasteiger partial charge in [0.05, 0.1) is 13.5 Å². The number of imide groups is 2. The molecule has 2 fully saturated rings. The molecular formula is C10H12N2O5. The zero-order chi connectivity index (χ0) is 12.6. The van der Waals surface area contributed by atoms with Crippen LogP contribution in [0.25, 0.3) is 0 Å². The van der Waals surface area contributed by atoms with Crippen LogP contribution in [0.15, 0.2) is 0 Å². The Morgan fingerprint density at radius 2 is 2.06 bits per heavy atom. The van der Waals surface area contributed by atoms with Crippen molar-refractivity contribution in [3.05, 3.63) is 0 Å². The average molecular weight is 240 g/mol. The maximum absolute atomic E-state index is 11.9. The van der Waals surface area contributed by atoms with Crippen molar-refractivity contribution in [2.75, 3.05) is 13.7 Å². The number of carbonyl (C=O) groups is 4. The molecule has 17 heavy (non-hydrogen) atoms. The summed E-state index contributed by atoms with van der Waals surface area (Å²) in [5, 5.41) is 2.13. The molecule has 2 aliphatic rings. The van der Waals surface area contributed by atoms with E-state index in [1.807, 2.05) is 0 Å². The van der Waals surface area contributed by atoms with Crippen LogP contribution in [0.3, 0.4) is 0 Å². The van der Waals surface area contributed by atoms with Crippen molar-refractivity contribution in [1.82, 2.24) is 10.2 Å². The second kappa shape index (κ2) is 3.83. The number of nitrogens with one attached hydrogen (secondary N) is 1. The Kier molecular flexibility index (Phi) is 2.60. The largest absolute Gasteiger partial charge is 0.469 e. The zero-order valence-corrected chi connectivity index (χ0v) is 9.32. The Bertz CT molecular complexity index is 413. The minimum atomic E-state index is -1.05. The van der Waals surface area contributed by atoms with E-state index >= 15 is 0 Å². The molecule has 2 rings (SSSR count). The van der Waals surface area contributed by atoms with Crippen LogP contribution in [0.2, 0.25) is 0 Å². The zero-order valence-electron chi connectivity index (χ0n) is 9.32. The second-order valence-corrected chi connectivity index (χ2v) is 4.12. The molecule has 92 valence electrons. The minimum Gasteiger partial charge on any atom is -0.469 e. The number of esters is 1. The number of hydrogen-bond donors (Lipinski definition) is 1. The molecule has 1 aliphatic heterocycles. The molecule has 1 heterocycles. The SMILES string of the molecule is COC(=O)CCN1C(=O)NC(=O)C2(CC2)C1=O. The summed E-state index contributed by atoms with van der Waals surface area (Å²) in [6, 6.07) is -0.763. The Morgan fingerprint density at radius 1 is 1.41 bits per heavy atom. The monoisotopic (exact) mass is 240 g/mol. The Morgan fingerprint density at radius 3 is 2.59 bits per heavy atom. The van der Waals surface area contributed by atoms with Gasteiger partial charge in [0.1, 0.15) is 5.41 Å². The number of barbiturate groups is 1. The Hall–Kier alpha value is -1.92. The first-order valence-corrected chi connectivity index (χ1v) is 5.25. The van der Waals surface area contributed by atoms with Gasteiger partial charge in [0, 0.05) is 6.54 Å². The lowest BCUT2D eigenvalue weighted by Gasteiger charge is -2.29. The summed E-state index contributed by atoms with van der Waals surface area (Å²) in [5.41, 5.74) is -1.05. The van der Waals surface area contributed by atoms with E-state index in [9.17, 15) is 19.2 Å². The molecule has 1 spiro atoms.